The van der Waals surface area contributed by atoms with Gasteiger partial charge < -0.3 is 15.4 Å². The average Bonchev–Trinajstić information content (AvgIpc) is 2.26. The molecule has 1 amide bonds. The fourth-order valence-corrected chi connectivity index (χ4v) is 1.59. The van der Waals surface area contributed by atoms with Crippen LogP contribution in [0.3, 0.4) is 0 Å². The topological polar surface area (TPSA) is 82.6 Å². The fraction of sp³-hybridized carbons (Fsp3) is 0.818. The largest absolute Gasteiger partial charge is 0.444 e. The molecule has 0 spiro atoms. The van der Waals surface area contributed by atoms with Gasteiger partial charge in [-0.15, -0.1) is 0 Å². The van der Waals surface area contributed by atoms with Crippen molar-refractivity contribution >= 4 is 6.09 Å². The normalized spacial score (nSPS) is 19.6. The van der Waals surface area contributed by atoms with Crippen LogP contribution >= 0.6 is 0 Å². The van der Waals surface area contributed by atoms with Crippen molar-refractivity contribution in [2.24, 2.45) is 5.73 Å². The van der Waals surface area contributed by atoms with E-state index in [4.69, 9.17) is 15.7 Å². The number of nitrogens with two attached hydrogens (primary N) is 1. The van der Waals surface area contributed by atoms with E-state index in [1.807, 2.05) is 31.7 Å². The number of piperazine rings is 1. The molecule has 1 unspecified atom stereocenters. The molecule has 6 heteroatoms. The first-order chi connectivity index (χ1) is 7.83. The Labute approximate surface area is 102 Å². The van der Waals surface area contributed by atoms with E-state index in [0.717, 1.165) is 0 Å². The highest BCUT2D eigenvalue weighted by Gasteiger charge is 2.27. The van der Waals surface area contributed by atoms with Gasteiger partial charge >= 0.3 is 6.09 Å². The van der Waals surface area contributed by atoms with Crippen LogP contribution in [0.15, 0.2) is 0 Å². The Bertz CT molecular complexity index is 310. The molecule has 1 fully saturated rings. The first kappa shape index (κ1) is 13.7. The van der Waals surface area contributed by atoms with Gasteiger partial charge in [0.2, 0.25) is 0 Å². The maximum Gasteiger partial charge on any atom is 0.410 e. The second kappa shape index (κ2) is 5.34. The van der Waals surface area contributed by atoms with Gasteiger partial charge in [0.1, 0.15) is 11.8 Å². The van der Waals surface area contributed by atoms with E-state index in [1.165, 1.54) is 0 Å². The van der Waals surface area contributed by atoms with Gasteiger partial charge in [-0.25, -0.2) is 4.79 Å². The Morgan fingerprint density at radius 2 is 1.88 bits per heavy atom. The van der Waals surface area contributed by atoms with Crippen molar-refractivity contribution < 1.29 is 9.53 Å². The molecule has 96 valence electrons. The lowest BCUT2D eigenvalue weighted by atomic mass is 10.2. The van der Waals surface area contributed by atoms with Crippen molar-refractivity contribution in [1.29, 1.82) is 5.26 Å². The smallest absolute Gasteiger partial charge is 0.410 e. The molecule has 2 N–H and O–H groups in total. The molecular formula is C11H20N4O2. The van der Waals surface area contributed by atoms with Crippen molar-refractivity contribution in [3.05, 3.63) is 0 Å². The molecule has 17 heavy (non-hydrogen) atoms. The van der Waals surface area contributed by atoms with Crippen LogP contribution in [0.1, 0.15) is 20.8 Å². The minimum atomic E-state index is -0.587. The number of amides is 1. The molecule has 1 saturated heterocycles. The first-order valence-electron chi connectivity index (χ1n) is 5.70. The lowest BCUT2D eigenvalue weighted by Crippen LogP contribution is -2.54. The van der Waals surface area contributed by atoms with E-state index >= 15 is 0 Å². The van der Waals surface area contributed by atoms with Crippen molar-refractivity contribution in [3.63, 3.8) is 0 Å². The lowest BCUT2D eigenvalue weighted by molar-refractivity contribution is 0.0127. The van der Waals surface area contributed by atoms with Crippen LogP contribution in [0.5, 0.6) is 0 Å². The van der Waals surface area contributed by atoms with E-state index in [2.05, 4.69) is 0 Å². The molecule has 0 aromatic heterocycles. The molecular weight excluding hydrogens is 220 g/mol. The summed E-state index contributed by atoms with van der Waals surface area (Å²) in [4.78, 5) is 15.2. The summed E-state index contributed by atoms with van der Waals surface area (Å²) in [5.74, 6) is 0. The van der Waals surface area contributed by atoms with E-state index < -0.39 is 11.8 Å². The molecule has 0 radical (unpaired) electrons. The standard InChI is InChI=1S/C11H20N4O2/c1-11(2,3)17-10(16)15-6-4-14(5-7-15)9(13)8-12/h9H,4-7,13H2,1-3H3. The van der Waals surface area contributed by atoms with E-state index in [1.54, 1.807) is 4.90 Å². The zero-order valence-electron chi connectivity index (χ0n) is 10.6. The minimum absolute atomic E-state index is 0.303. The maximum atomic E-state index is 11.7. The summed E-state index contributed by atoms with van der Waals surface area (Å²) in [7, 11) is 0. The summed E-state index contributed by atoms with van der Waals surface area (Å²) < 4.78 is 5.27. The minimum Gasteiger partial charge on any atom is -0.444 e. The predicted octanol–water partition coefficient (Wildman–Crippen LogP) is 0.347. The molecule has 1 atom stereocenters. The number of rotatable bonds is 1. The van der Waals surface area contributed by atoms with Gasteiger partial charge in [0.05, 0.1) is 6.07 Å². The molecule has 0 aromatic rings. The highest BCUT2D eigenvalue weighted by Crippen LogP contribution is 2.12. The van der Waals surface area contributed by atoms with Gasteiger partial charge in [-0.05, 0) is 20.8 Å². The number of nitrogens with zero attached hydrogens (tertiary/aromatic N) is 3. The Morgan fingerprint density at radius 3 is 2.29 bits per heavy atom. The summed E-state index contributed by atoms with van der Waals surface area (Å²) >= 11 is 0. The zero-order valence-corrected chi connectivity index (χ0v) is 10.6. The molecule has 0 aromatic carbocycles. The van der Waals surface area contributed by atoms with Gasteiger partial charge in [-0.2, -0.15) is 5.26 Å². The SMILES string of the molecule is CC(C)(C)OC(=O)N1CCN(C(N)C#N)CC1. The first-order valence-corrected chi connectivity index (χ1v) is 5.70. The van der Waals surface area contributed by atoms with Crippen LogP contribution in [0.25, 0.3) is 0 Å². The van der Waals surface area contributed by atoms with Crippen molar-refractivity contribution in [2.75, 3.05) is 26.2 Å². The van der Waals surface area contributed by atoms with Crippen LogP contribution in [0, 0.1) is 11.3 Å². The Hall–Kier alpha value is -1.32. The highest BCUT2D eigenvalue weighted by atomic mass is 16.6. The molecule has 6 nitrogen and oxygen atoms in total. The third kappa shape index (κ3) is 4.21. The Balaban J connectivity index is 2.42. The van der Waals surface area contributed by atoms with Gasteiger partial charge in [-0.1, -0.05) is 0 Å². The fourth-order valence-electron chi connectivity index (χ4n) is 1.59. The zero-order chi connectivity index (χ0) is 13.1. The summed E-state index contributed by atoms with van der Waals surface area (Å²) in [6.07, 6.45) is -0.890. The quantitative estimate of drug-likeness (QED) is 0.715. The Morgan fingerprint density at radius 1 is 1.35 bits per heavy atom. The highest BCUT2D eigenvalue weighted by molar-refractivity contribution is 5.68. The summed E-state index contributed by atoms with van der Waals surface area (Å²) in [5.41, 5.74) is 5.13. The molecule has 1 rings (SSSR count). The number of carbonyl (C=O) groups is 1. The van der Waals surface area contributed by atoms with Gasteiger partial charge in [0.15, 0.2) is 0 Å². The van der Waals surface area contributed by atoms with Gasteiger partial charge in [-0.3, -0.25) is 4.90 Å². The van der Waals surface area contributed by atoms with Crippen LogP contribution in [-0.4, -0.2) is 53.8 Å². The number of hydrogen-bond donors (Lipinski definition) is 1. The van der Waals surface area contributed by atoms with Crippen LogP contribution in [0.2, 0.25) is 0 Å². The summed E-state index contributed by atoms with van der Waals surface area (Å²) in [6, 6.07) is 1.99. The third-order valence-corrected chi connectivity index (χ3v) is 2.49. The number of hydrogen-bond acceptors (Lipinski definition) is 5. The van der Waals surface area contributed by atoms with Crippen LogP contribution < -0.4 is 5.73 Å². The van der Waals surface area contributed by atoms with Crippen molar-refractivity contribution in [1.82, 2.24) is 9.80 Å². The third-order valence-electron chi connectivity index (χ3n) is 2.49. The molecule has 1 aliphatic rings. The molecule has 0 bridgehead atoms. The second-order valence-corrected chi connectivity index (χ2v) is 5.08. The lowest BCUT2D eigenvalue weighted by Gasteiger charge is -2.36. The van der Waals surface area contributed by atoms with Gasteiger partial charge in [0.25, 0.3) is 0 Å². The molecule has 0 saturated carbocycles. The number of carbonyl (C=O) groups excluding carboxylic acids is 1. The van der Waals surface area contributed by atoms with E-state index in [-0.39, 0.29) is 6.09 Å². The average molecular weight is 240 g/mol. The monoisotopic (exact) mass is 240 g/mol. The molecule has 1 aliphatic heterocycles. The maximum absolute atomic E-state index is 11.7. The summed E-state index contributed by atoms with van der Waals surface area (Å²) in [5, 5.41) is 8.69. The molecule has 1 heterocycles. The second-order valence-electron chi connectivity index (χ2n) is 5.08. The van der Waals surface area contributed by atoms with Crippen LogP contribution in [0.4, 0.5) is 4.79 Å². The van der Waals surface area contributed by atoms with Crippen LogP contribution in [-0.2, 0) is 4.74 Å². The predicted molar refractivity (Wildman–Crippen MR) is 63.0 cm³/mol. The van der Waals surface area contributed by atoms with E-state index in [0.29, 0.717) is 26.2 Å². The van der Waals surface area contributed by atoms with Gasteiger partial charge in [0, 0.05) is 26.2 Å². The number of ether oxygens (including phenoxy) is 1. The van der Waals surface area contributed by atoms with Crippen molar-refractivity contribution in [3.8, 4) is 6.07 Å². The molecule has 0 aliphatic carbocycles. The summed E-state index contributed by atoms with van der Waals surface area (Å²) in [6.45, 7) is 7.82. The van der Waals surface area contributed by atoms with Crippen molar-refractivity contribution in [2.45, 2.75) is 32.5 Å². The van der Waals surface area contributed by atoms with E-state index in [9.17, 15) is 4.79 Å². The number of nitriles is 1. The Kier molecular flexibility index (Phi) is 4.32.